The Bertz CT molecular complexity index is 1160. The van der Waals surface area contributed by atoms with Crippen molar-refractivity contribution in [1.82, 2.24) is 9.55 Å². The summed E-state index contributed by atoms with van der Waals surface area (Å²) in [5.41, 5.74) is 14.2. The average Bonchev–Trinajstić information content (AvgIpc) is 2.89. The van der Waals surface area contributed by atoms with Crippen LogP contribution < -0.4 is 16.2 Å². The van der Waals surface area contributed by atoms with Gasteiger partial charge >= 0.3 is 0 Å². The summed E-state index contributed by atoms with van der Waals surface area (Å²) in [6.07, 6.45) is 0. The van der Waals surface area contributed by atoms with Crippen molar-refractivity contribution in [3.63, 3.8) is 0 Å². The molecular weight excluding hydrogens is 349 g/mol. The Balaban J connectivity index is 2.58. The summed E-state index contributed by atoms with van der Waals surface area (Å²) in [5, 5.41) is 9.74. The largest absolute Gasteiger partial charge is 0.496 e. The number of aromatic nitrogens is 2. The third kappa shape index (κ3) is 2.56. The van der Waals surface area contributed by atoms with E-state index in [2.05, 4.69) is 4.98 Å². The van der Waals surface area contributed by atoms with Crippen molar-refractivity contribution >= 4 is 22.8 Å². The molecule has 4 N–H and O–H groups in total. The molecule has 0 saturated heterocycles. The van der Waals surface area contributed by atoms with Crippen molar-refractivity contribution in [3.8, 4) is 17.5 Å². The number of anilines is 1. The molecule has 3 aromatic rings. The maximum Gasteiger partial charge on any atom is 0.253 e. The number of hydrogen-bond acceptors (Lipinski definition) is 5. The van der Waals surface area contributed by atoms with E-state index < -0.39 is 11.7 Å². The van der Waals surface area contributed by atoms with Crippen LogP contribution in [0.3, 0.4) is 0 Å². The highest BCUT2D eigenvalue weighted by Gasteiger charge is 2.26. The minimum absolute atomic E-state index is 0.0262. The minimum Gasteiger partial charge on any atom is -0.496 e. The van der Waals surface area contributed by atoms with Crippen LogP contribution in [0.1, 0.15) is 32.7 Å². The highest BCUT2D eigenvalue weighted by atomic mass is 19.1. The molecule has 0 radical (unpaired) electrons. The second-order valence-corrected chi connectivity index (χ2v) is 6.26. The highest BCUT2D eigenvalue weighted by Crippen LogP contribution is 2.37. The monoisotopic (exact) mass is 367 g/mol. The molecule has 0 unspecified atom stereocenters. The molecular formula is C19H18FN5O2. The number of pyridine rings is 1. The molecule has 0 aliphatic carbocycles. The number of hydrogen-bond donors (Lipinski definition) is 2. The number of halogens is 1. The molecule has 3 rings (SSSR count). The zero-order chi connectivity index (χ0) is 20.0. The number of fused-ring (bicyclic) bond motifs is 1. The lowest BCUT2D eigenvalue weighted by Gasteiger charge is -2.17. The van der Waals surface area contributed by atoms with Crippen LogP contribution in [0.5, 0.6) is 5.75 Å². The van der Waals surface area contributed by atoms with Gasteiger partial charge in [0.05, 0.1) is 18.4 Å². The predicted molar refractivity (Wildman–Crippen MR) is 99.4 cm³/mol. The van der Waals surface area contributed by atoms with Gasteiger partial charge in [0.15, 0.2) is 0 Å². The Morgan fingerprint density at radius 2 is 1.96 bits per heavy atom. The molecule has 0 atom stereocenters. The number of methoxy groups -OCH3 is 1. The molecule has 1 amide bonds. The molecule has 2 aromatic heterocycles. The Kier molecular flexibility index (Phi) is 4.24. The first-order chi connectivity index (χ1) is 12.7. The number of rotatable bonds is 3. The molecule has 0 spiro atoms. The van der Waals surface area contributed by atoms with E-state index in [9.17, 15) is 14.4 Å². The number of benzene rings is 1. The predicted octanol–water partition coefficient (Wildman–Crippen LogP) is 2.65. The van der Waals surface area contributed by atoms with Gasteiger partial charge in [-0.1, -0.05) is 0 Å². The van der Waals surface area contributed by atoms with Gasteiger partial charge in [0.2, 0.25) is 0 Å². The maximum atomic E-state index is 14.5. The summed E-state index contributed by atoms with van der Waals surface area (Å²) < 4.78 is 21.2. The first-order valence-corrected chi connectivity index (χ1v) is 8.08. The summed E-state index contributed by atoms with van der Waals surface area (Å²) in [6, 6.07) is 4.92. The van der Waals surface area contributed by atoms with Crippen LogP contribution in [-0.2, 0) is 0 Å². The van der Waals surface area contributed by atoms with Crippen LogP contribution in [0.15, 0.2) is 12.1 Å². The van der Waals surface area contributed by atoms with E-state index in [0.29, 0.717) is 33.5 Å². The summed E-state index contributed by atoms with van der Waals surface area (Å²) in [6.45, 7) is 5.03. The van der Waals surface area contributed by atoms with E-state index in [1.165, 1.54) is 17.7 Å². The number of nitrogens with zero attached hydrogens (tertiary/aromatic N) is 3. The van der Waals surface area contributed by atoms with E-state index in [-0.39, 0.29) is 22.7 Å². The first kappa shape index (κ1) is 18.2. The lowest BCUT2D eigenvalue weighted by atomic mass is 10.1. The number of nitrogens with two attached hydrogens (primary N) is 2. The fraction of sp³-hybridized carbons (Fsp3) is 0.211. The van der Waals surface area contributed by atoms with Gasteiger partial charge in [0.25, 0.3) is 5.91 Å². The summed E-state index contributed by atoms with van der Waals surface area (Å²) in [4.78, 5) is 16.4. The number of carbonyl (C=O) groups is 1. The number of primary amides is 1. The molecule has 1 aromatic carbocycles. The van der Waals surface area contributed by atoms with Gasteiger partial charge in [-0.2, -0.15) is 5.26 Å². The number of amides is 1. The van der Waals surface area contributed by atoms with Gasteiger partial charge < -0.3 is 16.2 Å². The lowest BCUT2D eigenvalue weighted by molar-refractivity contribution is 0.100. The van der Waals surface area contributed by atoms with Crippen LogP contribution >= 0.6 is 0 Å². The average molecular weight is 367 g/mol. The van der Waals surface area contributed by atoms with E-state index >= 15 is 0 Å². The Hall–Kier alpha value is -3.60. The van der Waals surface area contributed by atoms with Gasteiger partial charge in [0, 0.05) is 22.6 Å². The summed E-state index contributed by atoms with van der Waals surface area (Å²) >= 11 is 0. The fourth-order valence-electron chi connectivity index (χ4n) is 3.31. The van der Waals surface area contributed by atoms with Gasteiger partial charge in [-0.05, 0) is 32.4 Å². The fourth-order valence-corrected chi connectivity index (χ4v) is 3.31. The van der Waals surface area contributed by atoms with Crippen molar-refractivity contribution in [3.05, 3.63) is 45.9 Å². The van der Waals surface area contributed by atoms with Crippen LogP contribution in [0, 0.1) is 37.9 Å². The second kappa shape index (κ2) is 6.29. The van der Waals surface area contributed by atoms with E-state index in [4.69, 9.17) is 16.2 Å². The van der Waals surface area contributed by atoms with Crippen molar-refractivity contribution in [1.29, 1.82) is 5.26 Å². The molecule has 8 heteroatoms. The van der Waals surface area contributed by atoms with Crippen molar-refractivity contribution < 1.29 is 13.9 Å². The molecule has 27 heavy (non-hydrogen) atoms. The van der Waals surface area contributed by atoms with E-state index in [0.717, 1.165) is 0 Å². The maximum absolute atomic E-state index is 14.5. The summed E-state index contributed by atoms with van der Waals surface area (Å²) in [5.74, 6) is -0.885. The molecule has 0 saturated carbocycles. The number of nitriles is 1. The number of aryl methyl sites for hydroxylation is 1. The number of ether oxygens (including phenoxy) is 1. The quantitative estimate of drug-likeness (QED) is 0.737. The minimum atomic E-state index is -0.735. The molecule has 0 aliphatic rings. The zero-order valence-corrected chi connectivity index (χ0v) is 15.3. The Morgan fingerprint density at radius 1 is 1.30 bits per heavy atom. The molecule has 0 bridgehead atoms. The Labute approximate surface area is 155 Å². The number of carbonyl (C=O) groups excluding carboxylic acids is 1. The van der Waals surface area contributed by atoms with Crippen LogP contribution in [-0.4, -0.2) is 22.6 Å². The van der Waals surface area contributed by atoms with Crippen LogP contribution in [0.4, 0.5) is 10.2 Å². The Morgan fingerprint density at radius 3 is 2.52 bits per heavy atom. The second-order valence-electron chi connectivity index (χ2n) is 6.26. The zero-order valence-electron chi connectivity index (χ0n) is 15.3. The van der Waals surface area contributed by atoms with E-state index in [1.807, 2.05) is 6.07 Å². The smallest absolute Gasteiger partial charge is 0.253 e. The highest BCUT2D eigenvalue weighted by molar-refractivity contribution is 6.11. The van der Waals surface area contributed by atoms with Gasteiger partial charge in [-0.15, -0.1) is 0 Å². The van der Waals surface area contributed by atoms with Gasteiger partial charge in [-0.3, -0.25) is 9.36 Å². The number of nitrogen functional groups attached to an aromatic ring is 1. The molecule has 2 heterocycles. The molecule has 0 fully saturated rings. The van der Waals surface area contributed by atoms with E-state index in [1.54, 1.807) is 26.8 Å². The topological polar surface area (TPSA) is 120 Å². The lowest BCUT2D eigenvalue weighted by Crippen LogP contribution is -2.14. The van der Waals surface area contributed by atoms with Crippen LogP contribution in [0.25, 0.3) is 16.7 Å². The third-order valence-corrected chi connectivity index (χ3v) is 4.66. The summed E-state index contributed by atoms with van der Waals surface area (Å²) in [7, 11) is 1.43. The molecule has 7 nitrogen and oxygen atoms in total. The van der Waals surface area contributed by atoms with Crippen molar-refractivity contribution in [2.75, 3.05) is 12.8 Å². The third-order valence-electron chi connectivity index (χ3n) is 4.66. The molecule has 138 valence electrons. The normalized spacial score (nSPS) is 10.8. The van der Waals surface area contributed by atoms with Gasteiger partial charge in [-0.25, -0.2) is 9.37 Å². The molecule has 0 aliphatic heterocycles. The SMILES string of the molecule is COc1cc(F)c(C)c(-n2c(N)c(C(N)=O)c3cc(C)c(C#N)nc32)c1C. The standard InChI is InChI=1S/C19H18FN5O2/c1-8-5-11-15(18(23)26)17(22)25(19(11)24-13(8)7-21)16-9(2)12(20)6-14(27-4)10(16)3/h5-6H,22H2,1-4H3,(H2,23,26). The van der Waals surface area contributed by atoms with Crippen LogP contribution in [0.2, 0.25) is 0 Å². The van der Waals surface area contributed by atoms with Crippen molar-refractivity contribution in [2.24, 2.45) is 5.73 Å². The van der Waals surface area contributed by atoms with Crippen molar-refractivity contribution in [2.45, 2.75) is 20.8 Å². The van der Waals surface area contributed by atoms with Gasteiger partial charge in [0.1, 0.15) is 34.8 Å². The first-order valence-electron chi connectivity index (χ1n) is 8.08.